The quantitative estimate of drug-likeness (QED) is 0.531. The third kappa shape index (κ3) is 1.99. The molecule has 0 atom stereocenters. The number of phenols is 1. The van der Waals surface area contributed by atoms with E-state index in [1.165, 1.54) is 0 Å². The second-order valence-corrected chi connectivity index (χ2v) is 3.25. The van der Waals surface area contributed by atoms with Gasteiger partial charge in [0.25, 0.3) is 0 Å². The minimum absolute atomic E-state index is 0.316. The van der Waals surface area contributed by atoms with Crippen molar-refractivity contribution in [1.29, 1.82) is 0 Å². The summed E-state index contributed by atoms with van der Waals surface area (Å²) in [4.78, 5) is 10.6. The number of carboxylic acid groups (broad SMARTS) is 1. The van der Waals surface area contributed by atoms with Crippen molar-refractivity contribution in [3.63, 3.8) is 0 Å². The van der Waals surface area contributed by atoms with Gasteiger partial charge in [-0.3, -0.25) is 0 Å². The fraction of sp³-hybridized carbons (Fsp3) is 0.125. The molecule has 1 rings (SSSR count). The molecule has 88 valence electrons. The number of benzene rings is 1. The number of aromatic carboxylic acids is 1. The molecule has 0 unspecified atom stereocenters. The molecule has 8 heteroatoms. The standard InChI is InChI=1S/C8H5ClF3NO3/c9-3-1-2(8(10,11)12)4(7(15)16)5(13)6(3)14/h1,14H,13H2,(H,15,16). The van der Waals surface area contributed by atoms with Crippen LogP contribution in [0.3, 0.4) is 0 Å². The third-order valence-electron chi connectivity index (χ3n) is 1.81. The maximum absolute atomic E-state index is 12.4. The molecule has 0 spiro atoms. The van der Waals surface area contributed by atoms with E-state index in [0.29, 0.717) is 6.07 Å². The van der Waals surface area contributed by atoms with Gasteiger partial charge in [0, 0.05) is 0 Å². The normalized spacial score (nSPS) is 11.5. The summed E-state index contributed by atoms with van der Waals surface area (Å²) in [6.07, 6.45) is -4.92. The van der Waals surface area contributed by atoms with Gasteiger partial charge in [-0.15, -0.1) is 0 Å². The first-order valence-corrected chi connectivity index (χ1v) is 4.15. The zero-order valence-corrected chi connectivity index (χ0v) is 8.23. The second-order valence-electron chi connectivity index (χ2n) is 2.85. The van der Waals surface area contributed by atoms with Gasteiger partial charge in [-0.1, -0.05) is 11.6 Å². The highest BCUT2D eigenvalue weighted by Gasteiger charge is 2.38. The van der Waals surface area contributed by atoms with Crippen molar-refractivity contribution in [3.05, 3.63) is 22.2 Å². The van der Waals surface area contributed by atoms with E-state index >= 15 is 0 Å². The smallest absolute Gasteiger partial charge is 0.417 e. The summed E-state index contributed by atoms with van der Waals surface area (Å²) >= 11 is 5.28. The molecule has 4 nitrogen and oxygen atoms in total. The Bertz CT molecular complexity index is 459. The van der Waals surface area contributed by atoms with Crippen molar-refractivity contribution >= 4 is 23.3 Å². The number of alkyl halides is 3. The van der Waals surface area contributed by atoms with Crippen LogP contribution in [-0.2, 0) is 6.18 Å². The fourth-order valence-corrected chi connectivity index (χ4v) is 1.32. The number of hydrogen-bond donors (Lipinski definition) is 3. The van der Waals surface area contributed by atoms with Gasteiger partial charge < -0.3 is 15.9 Å². The zero-order valence-electron chi connectivity index (χ0n) is 7.47. The van der Waals surface area contributed by atoms with E-state index in [2.05, 4.69) is 0 Å². The van der Waals surface area contributed by atoms with Crippen molar-refractivity contribution in [2.45, 2.75) is 6.18 Å². The summed E-state index contributed by atoms with van der Waals surface area (Å²) in [7, 11) is 0. The van der Waals surface area contributed by atoms with E-state index in [9.17, 15) is 18.0 Å². The molecule has 0 aliphatic rings. The van der Waals surface area contributed by atoms with E-state index in [-0.39, 0.29) is 0 Å². The number of carbonyl (C=O) groups is 1. The van der Waals surface area contributed by atoms with Crippen molar-refractivity contribution in [2.24, 2.45) is 0 Å². The lowest BCUT2D eigenvalue weighted by atomic mass is 10.0. The van der Waals surface area contributed by atoms with Crippen molar-refractivity contribution < 1.29 is 28.2 Å². The second kappa shape index (κ2) is 3.75. The topological polar surface area (TPSA) is 83.5 Å². The van der Waals surface area contributed by atoms with Crippen molar-refractivity contribution in [3.8, 4) is 5.75 Å². The van der Waals surface area contributed by atoms with Crippen LogP contribution in [-0.4, -0.2) is 16.2 Å². The Labute approximate surface area is 92.1 Å². The largest absolute Gasteiger partial charge is 0.504 e. The molecule has 1 aromatic rings. The van der Waals surface area contributed by atoms with E-state index in [1.54, 1.807) is 0 Å². The summed E-state index contributed by atoms with van der Waals surface area (Å²) in [5.41, 5.74) is 1.44. The zero-order chi connectivity index (χ0) is 12.7. The van der Waals surface area contributed by atoms with E-state index in [4.69, 9.17) is 27.5 Å². The predicted octanol–water partition coefficient (Wildman–Crippen LogP) is 2.34. The van der Waals surface area contributed by atoms with Crippen LogP contribution >= 0.6 is 11.6 Å². The first kappa shape index (κ1) is 12.4. The summed E-state index contributed by atoms with van der Waals surface area (Å²) in [6, 6.07) is 0.316. The Hall–Kier alpha value is -1.63. The molecule has 0 aliphatic carbocycles. The number of halogens is 4. The molecule has 0 saturated carbocycles. The number of aromatic hydroxyl groups is 1. The molecule has 0 amide bonds. The molecule has 0 saturated heterocycles. The molecule has 0 aliphatic heterocycles. The average molecular weight is 256 g/mol. The molecule has 16 heavy (non-hydrogen) atoms. The van der Waals surface area contributed by atoms with Crippen LogP contribution in [0.1, 0.15) is 15.9 Å². The lowest BCUT2D eigenvalue weighted by molar-refractivity contribution is -0.138. The number of nitrogen functional groups attached to an aromatic ring is 1. The Morgan fingerprint density at radius 1 is 1.44 bits per heavy atom. The lowest BCUT2D eigenvalue weighted by Gasteiger charge is -2.14. The summed E-state index contributed by atoms with van der Waals surface area (Å²) < 4.78 is 37.3. The van der Waals surface area contributed by atoms with Crippen molar-refractivity contribution in [1.82, 2.24) is 0 Å². The first-order valence-electron chi connectivity index (χ1n) is 3.77. The highest BCUT2D eigenvalue weighted by molar-refractivity contribution is 6.32. The van der Waals surface area contributed by atoms with Crippen LogP contribution in [0, 0.1) is 0 Å². The molecular formula is C8H5ClF3NO3. The summed E-state index contributed by atoms with van der Waals surface area (Å²) in [5.74, 6) is -2.77. The molecule has 1 aromatic carbocycles. The number of carboxylic acids is 1. The van der Waals surface area contributed by atoms with E-state index < -0.39 is 39.7 Å². The Kier molecular flexibility index (Phi) is 2.91. The predicted molar refractivity (Wildman–Crippen MR) is 49.5 cm³/mol. The van der Waals surface area contributed by atoms with Gasteiger partial charge in [0.15, 0.2) is 5.75 Å². The third-order valence-corrected chi connectivity index (χ3v) is 2.10. The lowest BCUT2D eigenvalue weighted by Crippen LogP contribution is -2.15. The van der Waals surface area contributed by atoms with Gasteiger partial charge in [0.2, 0.25) is 0 Å². The SMILES string of the molecule is Nc1c(O)c(Cl)cc(C(F)(F)F)c1C(=O)O. The fourth-order valence-electron chi connectivity index (χ4n) is 1.11. The minimum Gasteiger partial charge on any atom is -0.504 e. The highest BCUT2D eigenvalue weighted by atomic mass is 35.5. The maximum atomic E-state index is 12.4. The number of anilines is 1. The van der Waals surface area contributed by atoms with Gasteiger partial charge in [-0.05, 0) is 6.07 Å². The van der Waals surface area contributed by atoms with Crippen LogP contribution in [0.2, 0.25) is 5.02 Å². The number of rotatable bonds is 1. The minimum atomic E-state index is -4.92. The summed E-state index contributed by atoms with van der Waals surface area (Å²) in [5, 5.41) is 17.1. The first-order chi connectivity index (χ1) is 7.16. The molecule has 0 radical (unpaired) electrons. The monoisotopic (exact) mass is 255 g/mol. The van der Waals surface area contributed by atoms with Crippen LogP contribution in [0.4, 0.5) is 18.9 Å². The molecule has 0 bridgehead atoms. The molecule has 0 fully saturated rings. The van der Waals surface area contributed by atoms with Gasteiger partial charge in [0.1, 0.15) is 0 Å². The number of nitrogens with two attached hydrogens (primary N) is 1. The van der Waals surface area contributed by atoms with Crippen LogP contribution in [0.5, 0.6) is 5.75 Å². The van der Waals surface area contributed by atoms with Gasteiger partial charge in [0.05, 0.1) is 21.8 Å². The summed E-state index contributed by atoms with van der Waals surface area (Å²) in [6.45, 7) is 0. The van der Waals surface area contributed by atoms with Gasteiger partial charge >= 0.3 is 12.1 Å². The molecule has 0 aromatic heterocycles. The van der Waals surface area contributed by atoms with Gasteiger partial charge in [-0.25, -0.2) is 4.79 Å². The van der Waals surface area contributed by atoms with Crippen molar-refractivity contribution in [2.75, 3.05) is 5.73 Å². The molecular weight excluding hydrogens is 251 g/mol. The Morgan fingerprint density at radius 2 is 1.94 bits per heavy atom. The van der Waals surface area contributed by atoms with Gasteiger partial charge in [-0.2, -0.15) is 13.2 Å². The van der Waals surface area contributed by atoms with Crippen LogP contribution in [0.15, 0.2) is 6.07 Å². The van der Waals surface area contributed by atoms with E-state index in [1.807, 2.05) is 0 Å². The molecule has 4 N–H and O–H groups in total. The van der Waals surface area contributed by atoms with Crippen LogP contribution < -0.4 is 5.73 Å². The number of hydrogen-bond acceptors (Lipinski definition) is 3. The average Bonchev–Trinajstić information content (AvgIpc) is 2.11. The van der Waals surface area contributed by atoms with E-state index in [0.717, 1.165) is 0 Å². The van der Waals surface area contributed by atoms with Crippen LogP contribution in [0.25, 0.3) is 0 Å². The molecule has 0 heterocycles. The Morgan fingerprint density at radius 3 is 2.31 bits per heavy atom. The number of phenolic OH excluding ortho intramolecular Hbond substituents is 1. The highest BCUT2D eigenvalue weighted by Crippen LogP contribution is 2.41. The maximum Gasteiger partial charge on any atom is 0.417 e. The Balaban J connectivity index is 3.67.